The van der Waals surface area contributed by atoms with Gasteiger partial charge in [-0.25, -0.2) is 4.39 Å². The molecule has 0 rings (SSSR count). The Morgan fingerprint density at radius 1 is 0.524 bits per heavy atom. The van der Waals surface area contributed by atoms with Gasteiger partial charge in [0.15, 0.2) is 0 Å². The number of alkyl halides is 13. The highest BCUT2D eigenvalue weighted by atomic mass is 19.4. The van der Waals surface area contributed by atoms with Crippen LogP contribution in [0.3, 0.4) is 0 Å². The van der Waals surface area contributed by atoms with E-state index in [0.29, 0.717) is 0 Å². The van der Waals surface area contributed by atoms with Gasteiger partial charge in [0, 0.05) is 5.57 Å². The summed E-state index contributed by atoms with van der Waals surface area (Å²) in [4.78, 5) is 0. The second-order valence-electron chi connectivity index (χ2n) is 3.65. The van der Waals surface area contributed by atoms with Gasteiger partial charge in [-0.2, -0.15) is 52.7 Å². The van der Waals surface area contributed by atoms with E-state index in [1.54, 1.807) is 0 Å². The molecule has 0 aliphatic carbocycles. The normalized spacial score (nSPS) is 16.9. The minimum atomic E-state index is -7.30. The van der Waals surface area contributed by atoms with E-state index in [1.807, 2.05) is 0 Å². The first-order valence-corrected chi connectivity index (χ1v) is 4.46. The molecule has 0 aliphatic heterocycles. The summed E-state index contributed by atoms with van der Waals surface area (Å²) < 4.78 is 159. The lowest BCUT2D eigenvalue weighted by molar-refractivity contribution is -0.338. The van der Waals surface area contributed by atoms with Crippen LogP contribution in [0.25, 0.3) is 0 Å². The summed E-state index contributed by atoms with van der Waals surface area (Å²) in [6.45, 7) is -0.728. The monoisotopic (exact) mass is 346 g/mol. The molecule has 0 fully saturated rings. The van der Waals surface area contributed by atoms with Crippen LogP contribution >= 0.6 is 0 Å². The summed E-state index contributed by atoms with van der Waals surface area (Å²) >= 11 is 0. The third kappa shape index (κ3) is 3.54. The van der Waals surface area contributed by atoms with Gasteiger partial charge >= 0.3 is 30.4 Å². The largest absolute Gasteiger partial charge is 0.435 e. The summed E-state index contributed by atoms with van der Waals surface area (Å²) in [6.07, 6.45) is -27.7. The van der Waals surface area contributed by atoms with Crippen molar-refractivity contribution >= 4 is 0 Å². The van der Waals surface area contributed by atoms with Gasteiger partial charge in [-0.3, -0.25) is 0 Å². The Bertz CT molecular complexity index is 397. The second kappa shape index (κ2) is 4.93. The predicted octanol–water partition coefficient (Wildman–Crippen LogP) is 5.26. The molecule has 21 heavy (non-hydrogen) atoms. The van der Waals surface area contributed by atoms with Gasteiger partial charge in [0.05, 0.1) is 5.57 Å². The van der Waals surface area contributed by atoms with Crippen molar-refractivity contribution in [2.24, 2.45) is 0 Å². The molecule has 0 aromatic rings. The fourth-order valence-electron chi connectivity index (χ4n) is 1.25. The fraction of sp³-hybridized carbons (Fsp3) is 0.750. The van der Waals surface area contributed by atoms with Crippen molar-refractivity contribution in [1.82, 2.24) is 0 Å². The Balaban J connectivity index is 6.83. The van der Waals surface area contributed by atoms with E-state index in [9.17, 15) is 57.1 Å². The lowest BCUT2D eigenvalue weighted by Crippen LogP contribution is -2.58. The SMILES string of the molecule is C/C(=C(\C(F)(F)F)C(F)(C(F)(F)F)C(F)(F)F)C(F)(F)F. The Kier molecular flexibility index (Phi) is 4.66. The summed E-state index contributed by atoms with van der Waals surface area (Å²) in [5, 5.41) is 0. The van der Waals surface area contributed by atoms with Crippen molar-refractivity contribution in [2.75, 3.05) is 0 Å². The van der Waals surface area contributed by atoms with Crippen molar-refractivity contribution in [3.8, 4) is 0 Å². The van der Waals surface area contributed by atoms with E-state index in [2.05, 4.69) is 0 Å². The number of hydrogen-bond donors (Lipinski definition) is 0. The molecule has 126 valence electrons. The van der Waals surface area contributed by atoms with E-state index >= 15 is 0 Å². The Morgan fingerprint density at radius 2 is 0.810 bits per heavy atom. The van der Waals surface area contributed by atoms with E-state index in [4.69, 9.17) is 0 Å². The molecule has 0 N–H and O–H groups in total. The predicted molar refractivity (Wildman–Crippen MR) is 40.8 cm³/mol. The van der Waals surface area contributed by atoms with E-state index in [0.717, 1.165) is 0 Å². The second-order valence-corrected chi connectivity index (χ2v) is 3.65. The highest BCUT2D eigenvalue weighted by molar-refractivity contribution is 5.34. The number of allylic oxidation sites excluding steroid dienone is 2. The van der Waals surface area contributed by atoms with E-state index < -0.39 is 48.4 Å². The Hall–Kier alpha value is -1.17. The van der Waals surface area contributed by atoms with Crippen LogP contribution in [0.4, 0.5) is 57.1 Å². The molecule has 0 aromatic carbocycles. The van der Waals surface area contributed by atoms with Gasteiger partial charge in [0.2, 0.25) is 0 Å². The van der Waals surface area contributed by atoms with Crippen LogP contribution in [0, 0.1) is 0 Å². The number of hydrogen-bond acceptors (Lipinski definition) is 0. The summed E-state index contributed by atoms with van der Waals surface area (Å²) in [5.74, 6) is 0. The van der Waals surface area contributed by atoms with Crippen LogP contribution in [0.5, 0.6) is 0 Å². The van der Waals surface area contributed by atoms with Gasteiger partial charge in [0.25, 0.3) is 0 Å². The van der Waals surface area contributed by atoms with E-state index in [-0.39, 0.29) is 0 Å². The zero-order valence-electron chi connectivity index (χ0n) is 9.41. The lowest BCUT2D eigenvalue weighted by atomic mass is 9.89. The standard InChI is InChI=1S/C8H3F13/c1-2(5(10,11)12)3(6(13,14)15)4(9,7(16,17)18)8(19,20)21/h1H3/b3-2+. The fourth-order valence-corrected chi connectivity index (χ4v) is 1.25. The Morgan fingerprint density at radius 3 is 0.952 bits per heavy atom. The first-order chi connectivity index (χ1) is 8.78. The average molecular weight is 346 g/mol. The van der Waals surface area contributed by atoms with Crippen molar-refractivity contribution in [3.63, 3.8) is 0 Å². The van der Waals surface area contributed by atoms with Crippen molar-refractivity contribution in [1.29, 1.82) is 0 Å². The molecule has 0 aromatic heterocycles. The summed E-state index contributed by atoms with van der Waals surface area (Å²) in [7, 11) is 0. The minimum absolute atomic E-state index is 0.728. The molecule has 0 bridgehead atoms. The van der Waals surface area contributed by atoms with Crippen molar-refractivity contribution < 1.29 is 57.1 Å². The van der Waals surface area contributed by atoms with Gasteiger partial charge in [-0.15, -0.1) is 0 Å². The highest BCUT2D eigenvalue weighted by Gasteiger charge is 2.79. The molecular formula is C8H3F13. The maximum absolute atomic E-state index is 13.2. The topological polar surface area (TPSA) is 0 Å². The van der Waals surface area contributed by atoms with Crippen molar-refractivity contribution in [2.45, 2.75) is 37.3 Å². The third-order valence-electron chi connectivity index (χ3n) is 2.21. The molecule has 0 unspecified atom stereocenters. The molecule has 0 heterocycles. The molecule has 0 spiro atoms. The smallest absolute Gasteiger partial charge is 0.218 e. The minimum Gasteiger partial charge on any atom is -0.218 e. The Labute approximate surface area is 107 Å². The summed E-state index contributed by atoms with van der Waals surface area (Å²) in [6, 6.07) is 0. The maximum atomic E-state index is 13.2. The van der Waals surface area contributed by atoms with Crippen LogP contribution in [-0.4, -0.2) is 30.4 Å². The molecule has 0 nitrogen and oxygen atoms in total. The number of rotatable bonds is 1. The highest BCUT2D eigenvalue weighted by Crippen LogP contribution is 2.56. The molecule has 0 amide bonds. The average Bonchev–Trinajstić information content (AvgIpc) is 2.09. The molecule has 0 atom stereocenters. The van der Waals surface area contributed by atoms with Crippen LogP contribution in [0.1, 0.15) is 6.92 Å². The molecular weight excluding hydrogens is 343 g/mol. The molecule has 0 saturated heterocycles. The maximum Gasteiger partial charge on any atom is 0.435 e. The number of halogens is 13. The van der Waals surface area contributed by atoms with Crippen molar-refractivity contribution in [3.05, 3.63) is 11.1 Å². The first kappa shape index (κ1) is 19.8. The lowest BCUT2D eigenvalue weighted by Gasteiger charge is -2.34. The third-order valence-corrected chi connectivity index (χ3v) is 2.21. The molecule has 0 saturated carbocycles. The van der Waals surface area contributed by atoms with Crippen LogP contribution in [0.15, 0.2) is 11.1 Å². The molecule has 0 radical (unpaired) electrons. The van der Waals surface area contributed by atoms with Gasteiger partial charge in [-0.1, -0.05) is 0 Å². The van der Waals surface area contributed by atoms with Gasteiger partial charge < -0.3 is 0 Å². The first-order valence-electron chi connectivity index (χ1n) is 4.46. The zero-order chi connectivity index (χ0) is 17.7. The van der Waals surface area contributed by atoms with E-state index in [1.165, 1.54) is 0 Å². The zero-order valence-corrected chi connectivity index (χ0v) is 9.41. The molecule has 0 aliphatic rings. The van der Waals surface area contributed by atoms with Gasteiger partial charge in [-0.05, 0) is 6.92 Å². The molecule has 13 heteroatoms. The summed E-state index contributed by atoms with van der Waals surface area (Å²) in [5.41, 5.74) is -15.0. The quantitative estimate of drug-likeness (QED) is 0.449. The van der Waals surface area contributed by atoms with Crippen LogP contribution in [0.2, 0.25) is 0 Å². The van der Waals surface area contributed by atoms with Crippen LogP contribution < -0.4 is 0 Å². The van der Waals surface area contributed by atoms with Gasteiger partial charge in [0.1, 0.15) is 0 Å². The van der Waals surface area contributed by atoms with Crippen LogP contribution in [-0.2, 0) is 0 Å².